The molecule has 1 saturated carbocycles. The predicted octanol–water partition coefficient (Wildman–Crippen LogP) is 3.01. The lowest BCUT2D eigenvalue weighted by Crippen LogP contribution is -2.53. The van der Waals surface area contributed by atoms with E-state index in [1.807, 2.05) is 28.9 Å². The van der Waals surface area contributed by atoms with Gasteiger partial charge in [-0.15, -0.1) is 0 Å². The molecule has 2 saturated heterocycles. The summed E-state index contributed by atoms with van der Waals surface area (Å²) in [6, 6.07) is 2.61. The molecule has 2 aliphatic heterocycles. The highest BCUT2D eigenvalue weighted by molar-refractivity contribution is 5.75. The Hall–Kier alpha value is -1.56. The summed E-state index contributed by atoms with van der Waals surface area (Å²) < 4.78 is 7.48. The van der Waals surface area contributed by atoms with E-state index in [1.165, 1.54) is 19.3 Å². The van der Waals surface area contributed by atoms with Gasteiger partial charge in [0.15, 0.2) is 0 Å². The van der Waals surface area contributed by atoms with E-state index in [0.717, 1.165) is 57.6 Å². The summed E-state index contributed by atoms with van der Waals surface area (Å²) >= 11 is 0. The third-order valence-electron chi connectivity index (χ3n) is 6.66. The van der Waals surface area contributed by atoms with Crippen molar-refractivity contribution < 1.29 is 9.53 Å². The Morgan fingerprint density at radius 1 is 1.24 bits per heavy atom. The topological polar surface area (TPSA) is 59.4 Å². The maximum Gasteiger partial charge on any atom is 0.318 e. The molecule has 0 radical (unpaired) electrons. The zero-order valence-electron chi connectivity index (χ0n) is 15.2. The van der Waals surface area contributed by atoms with Crippen LogP contribution >= 0.6 is 0 Å². The molecular formula is C19H30N4O2. The zero-order chi connectivity index (χ0) is 17.3. The third-order valence-corrected chi connectivity index (χ3v) is 6.66. The predicted molar refractivity (Wildman–Crippen MR) is 95.2 cm³/mol. The number of aromatic nitrogens is 2. The smallest absolute Gasteiger partial charge is 0.318 e. The number of piperidine rings is 1. The molecule has 1 aromatic rings. The van der Waals surface area contributed by atoms with Gasteiger partial charge in [0.25, 0.3) is 0 Å². The number of hydrogen-bond donors (Lipinski definition) is 1. The van der Waals surface area contributed by atoms with Gasteiger partial charge in [-0.25, -0.2) is 4.79 Å². The summed E-state index contributed by atoms with van der Waals surface area (Å²) in [7, 11) is 1.97. The molecule has 3 aliphatic rings. The molecule has 2 atom stereocenters. The fourth-order valence-corrected chi connectivity index (χ4v) is 5.17. The van der Waals surface area contributed by atoms with Crippen LogP contribution in [0.5, 0.6) is 0 Å². The van der Waals surface area contributed by atoms with Crippen molar-refractivity contribution in [1.29, 1.82) is 0 Å². The van der Waals surface area contributed by atoms with Crippen molar-refractivity contribution in [2.75, 3.05) is 19.8 Å². The van der Waals surface area contributed by atoms with Crippen LogP contribution in [0.3, 0.4) is 0 Å². The number of aryl methyl sites for hydroxylation is 1. The second-order valence-electron chi connectivity index (χ2n) is 7.95. The molecule has 2 amide bonds. The molecule has 3 fully saturated rings. The summed E-state index contributed by atoms with van der Waals surface area (Å²) in [4.78, 5) is 15.2. The summed E-state index contributed by atoms with van der Waals surface area (Å²) in [5.41, 5.74) is 1.41. The Kier molecular flexibility index (Phi) is 4.71. The van der Waals surface area contributed by atoms with Gasteiger partial charge in [0.1, 0.15) is 0 Å². The van der Waals surface area contributed by atoms with Gasteiger partial charge < -0.3 is 15.0 Å². The molecule has 6 heteroatoms. The normalized spacial score (nSPS) is 29.1. The standard InChI is InChI=1S/C19H30N4O2/c1-22-15(7-11-20-22)16-5-2-3-12-23(16)18(24)21-17-6-4-8-19(17)9-13-25-14-10-19/h7,11,16-17H,2-6,8-10,12-14H2,1H3,(H,21,24)/t16-,17-/m1/s1. The first-order valence-electron chi connectivity index (χ1n) is 9.82. The van der Waals surface area contributed by atoms with Crippen LogP contribution in [0.4, 0.5) is 4.79 Å². The molecule has 6 nitrogen and oxygen atoms in total. The minimum atomic E-state index is 0.115. The van der Waals surface area contributed by atoms with Crippen molar-refractivity contribution >= 4 is 6.03 Å². The number of rotatable bonds is 2. The van der Waals surface area contributed by atoms with E-state index in [0.29, 0.717) is 6.04 Å². The highest BCUT2D eigenvalue weighted by atomic mass is 16.5. The summed E-state index contributed by atoms with van der Waals surface area (Å²) in [5, 5.41) is 7.72. The van der Waals surface area contributed by atoms with Crippen LogP contribution in [0.2, 0.25) is 0 Å². The van der Waals surface area contributed by atoms with Gasteiger partial charge in [-0.3, -0.25) is 4.68 Å². The van der Waals surface area contributed by atoms with Gasteiger partial charge in [-0.2, -0.15) is 5.10 Å². The number of nitrogens with zero attached hydrogens (tertiary/aromatic N) is 3. The van der Waals surface area contributed by atoms with Crippen molar-refractivity contribution in [3.63, 3.8) is 0 Å². The number of likely N-dealkylation sites (tertiary alicyclic amines) is 1. The van der Waals surface area contributed by atoms with E-state index in [9.17, 15) is 4.79 Å². The molecule has 0 bridgehead atoms. The molecule has 1 aliphatic carbocycles. The van der Waals surface area contributed by atoms with Crippen LogP contribution < -0.4 is 5.32 Å². The highest BCUT2D eigenvalue weighted by Crippen LogP contribution is 2.46. The minimum Gasteiger partial charge on any atom is -0.381 e. The number of carbonyl (C=O) groups excluding carboxylic acids is 1. The average Bonchev–Trinajstić information content (AvgIpc) is 3.22. The van der Waals surface area contributed by atoms with E-state index in [2.05, 4.69) is 10.4 Å². The van der Waals surface area contributed by atoms with Crippen LogP contribution in [0.1, 0.15) is 63.1 Å². The second-order valence-corrected chi connectivity index (χ2v) is 7.95. The second kappa shape index (κ2) is 6.98. The molecule has 1 N–H and O–H groups in total. The van der Waals surface area contributed by atoms with E-state index in [1.54, 1.807) is 0 Å². The number of urea groups is 1. The number of carbonyl (C=O) groups is 1. The summed E-state index contributed by atoms with van der Waals surface area (Å²) in [6.45, 7) is 2.52. The number of hydrogen-bond acceptors (Lipinski definition) is 3. The zero-order valence-corrected chi connectivity index (χ0v) is 15.2. The first-order chi connectivity index (χ1) is 12.2. The van der Waals surface area contributed by atoms with Crippen LogP contribution in [0.15, 0.2) is 12.3 Å². The van der Waals surface area contributed by atoms with Crippen molar-refractivity contribution in [3.05, 3.63) is 18.0 Å². The van der Waals surface area contributed by atoms with Crippen molar-refractivity contribution in [1.82, 2.24) is 20.0 Å². The van der Waals surface area contributed by atoms with Crippen LogP contribution in [0, 0.1) is 5.41 Å². The molecule has 4 rings (SSSR count). The Bertz CT molecular complexity index is 608. The molecule has 0 aromatic carbocycles. The molecule has 1 spiro atoms. The molecule has 25 heavy (non-hydrogen) atoms. The molecule has 138 valence electrons. The van der Waals surface area contributed by atoms with E-state index < -0.39 is 0 Å². The largest absolute Gasteiger partial charge is 0.381 e. The number of ether oxygens (including phenoxy) is 1. The Morgan fingerprint density at radius 3 is 2.84 bits per heavy atom. The first kappa shape index (κ1) is 16.9. The summed E-state index contributed by atoms with van der Waals surface area (Å²) in [5.74, 6) is 0. The fraction of sp³-hybridized carbons (Fsp3) is 0.789. The van der Waals surface area contributed by atoms with Crippen molar-refractivity contribution in [2.24, 2.45) is 12.5 Å². The number of amides is 2. The first-order valence-corrected chi connectivity index (χ1v) is 9.82. The van der Waals surface area contributed by atoms with Gasteiger partial charge >= 0.3 is 6.03 Å². The number of nitrogens with one attached hydrogen (secondary N) is 1. The SMILES string of the molecule is Cn1nccc1[C@H]1CCCCN1C(=O)N[C@@H]1CCCC12CCOCC2. The molecule has 3 heterocycles. The van der Waals surface area contributed by atoms with Gasteiger partial charge in [0.05, 0.1) is 11.7 Å². The van der Waals surface area contributed by atoms with Crippen LogP contribution in [0.25, 0.3) is 0 Å². The lowest BCUT2D eigenvalue weighted by Gasteiger charge is -2.41. The Labute approximate surface area is 149 Å². The van der Waals surface area contributed by atoms with Crippen molar-refractivity contribution in [2.45, 2.75) is 63.5 Å². The average molecular weight is 346 g/mol. The van der Waals surface area contributed by atoms with Crippen molar-refractivity contribution in [3.8, 4) is 0 Å². The summed E-state index contributed by atoms with van der Waals surface area (Å²) in [6.07, 6.45) is 10.8. The van der Waals surface area contributed by atoms with E-state index in [-0.39, 0.29) is 17.5 Å². The monoisotopic (exact) mass is 346 g/mol. The van der Waals surface area contributed by atoms with Crippen LogP contribution in [-0.2, 0) is 11.8 Å². The van der Waals surface area contributed by atoms with Gasteiger partial charge in [-0.1, -0.05) is 6.42 Å². The Balaban J connectivity index is 1.48. The minimum absolute atomic E-state index is 0.115. The van der Waals surface area contributed by atoms with Gasteiger partial charge in [0.2, 0.25) is 0 Å². The maximum absolute atomic E-state index is 13.2. The lowest BCUT2D eigenvalue weighted by molar-refractivity contribution is 0.00482. The maximum atomic E-state index is 13.2. The van der Waals surface area contributed by atoms with Gasteiger partial charge in [0, 0.05) is 39.0 Å². The quantitative estimate of drug-likeness (QED) is 0.895. The highest BCUT2D eigenvalue weighted by Gasteiger charge is 2.45. The third kappa shape index (κ3) is 3.16. The van der Waals surface area contributed by atoms with E-state index >= 15 is 0 Å². The van der Waals surface area contributed by atoms with E-state index in [4.69, 9.17) is 4.74 Å². The molecule has 0 unspecified atom stereocenters. The molecule has 1 aromatic heterocycles. The fourth-order valence-electron chi connectivity index (χ4n) is 5.17. The lowest BCUT2D eigenvalue weighted by atomic mass is 9.75. The Morgan fingerprint density at radius 2 is 2.08 bits per heavy atom. The molecular weight excluding hydrogens is 316 g/mol. The van der Waals surface area contributed by atoms with Gasteiger partial charge in [-0.05, 0) is 56.4 Å². The van der Waals surface area contributed by atoms with Crippen LogP contribution in [-0.4, -0.2) is 46.5 Å².